The van der Waals surface area contributed by atoms with Crippen LogP contribution in [0.5, 0.6) is 5.75 Å². The number of ether oxygens (including phenoxy) is 1. The average Bonchev–Trinajstić information content (AvgIpc) is 3.19. The first kappa shape index (κ1) is 24.5. The van der Waals surface area contributed by atoms with Gasteiger partial charge in [0.05, 0.1) is 5.56 Å². The molecule has 2 aliphatic carbocycles. The standard InChI is InChI=1S/C27H35BrO5/c1-16(2)19(29)7-11-26(4)21-8-12-27(32,15-25(21,3)10-9-22(26)28)23-14-18-13-17(24(30)31)5-6-20(18)33-23/h5-6,13,21-23,32H,1,7-12,14-15H2,2-4H3,(H,30,31). The number of benzene rings is 1. The van der Waals surface area contributed by atoms with Gasteiger partial charge in [-0.15, -0.1) is 0 Å². The number of carboxylic acids is 1. The van der Waals surface area contributed by atoms with E-state index in [1.54, 1.807) is 25.1 Å². The summed E-state index contributed by atoms with van der Waals surface area (Å²) >= 11 is 3.95. The van der Waals surface area contributed by atoms with Gasteiger partial charge < -0.3 is 14.9 Å². The molecule has 0 amide bonds. The molecular formula is C27H35BrO5. The van der Waals surface area contributed by atoms with Crippen molar-refractivity contribution in [2.24, 2.45) is 16.7 Å². The molecule has 6 unspecified atom stereocenters. The van der Waals surface area contributed by atoms with E-state index < -0.39 is 11.6 Å². The van der Waals surface area contributed by atoms with E-state index in [1.165, 1.54) is 0 Å². The fourth-order valence-corrected chi connectivity index (χ4v) is 7.71. The molecule has 5 nitrogen and oxygen atoms in total. The first-order chi connectivity index (χ1) is 15.4. The van der Waals surface area contributed by atoms with Crippen molar-refractivity contribution in [3.63, 3.8) is 0 Å². The van der Waals surface area contributed by atoms with Gasteiger partial charge in [0.25, 0.3) is 0 Å². The quantitative estimate of drug-likeness (QED) is 0.371. The minimum absolute atomic E-state index is 0.0324. The molecule has 6 atom stereocenters. The minimum Gasteiger partial charge on any atom is -0.487 e. The summed E-state index contributed by atoms with van der Waals surface area (Å²) < 4.78 is 6.18. The summed E-state index contributed by atoms with van der Waals surface area (Å²) in [5.41, 5.74) is 0.675. The highest BCUT2D eigenvalue weighted by molar-refractivity contribution is 9.09. The van der Waals surface area contributed by atoms with E-state index in [0.29, 0.717) is 47.8 Å². The Morgan fingerprint density at radius 3 is 2.64 bits per heavy atom. The molecule has 4 rings (SSSR count). The topological polar surface area (TPSA) is 83.8 Å². The fraction of sp³-hybridized carbons (Fsp3) is 0.630. The third-order valence-corrected chi connectivity index (χ3v) is 10.3. The van der Waals surface area contributed by atoms with Gasteiger partial charge in [-0.2, -0.15) is 0 Å². The van der Waals surface area contributed by atoms with Crippen molar-refractivity contribution in [2.75, 3.05) is 0 Å². The predicted octanol–water partition coefficient (Wildman–Crippen LogP) is 5.71. The smallest absolute Gasteiger partial charge is 0.335 e. The Labute approximate surface area is 204 Å². The number of aliphatic hydroxyl groups is 1. The Bertz CT molecular complexity index is 989. The van der Waals surface area contributed by atoms with E-state index in [2.05, 4.69) is 36.4 Å². The minimum atomic E-state index is -0.957. The monoisotopic (exact) mass is 518 g/mol. The highest BCUT2D eigenvalue weighted by atomic mass is 79.9. The Hall–Kier alpha value is -1.66. The molecule has 1 aromatic carbocycles. The van der Waals surface area contributed by atoms with E-state index in [-0.39, 0.29) is 28.3 Å². The number of alkyl halides is 1. The van der Waals surface area contributed by atoms with Gasteiger partial charge in [-0.05, 0) is 91.5 Å². The van der Waals surface area contributed by atoms with Crippen LogP contribution in [0, 0.1) is 16.7 Å². The van der Waals surface area contributed by atoms with Crippen LogP contribution in [0.4, 0.5) is 0 Å². The van der Waals surface area contributed by atoms with Crippen molar-refractivity contribution in [2.45, 2.75) is 88.7 Å². The number of hydrogen-bond donors (Lipinski definition) is 2. The number of Topliss-reactive ketones (excluding diaryl/α,β-unsaturated/α-hetero) is 1. The zero-order chi connectivity index (χ0) is 24.2. The van der Waals surface area contributed by atoms with Gasteiger partial charge in [0, 0.05) is 17.7 Å². The molecule has 2 saturated carbocycles. The Morgan fingerprint density at radius 2 is 1.97 bits per heavy atom. The molecule has 0 saturated heterocycles. The molecule has 0 radical (unpaired) electrons. The summed E-state index contributed by atoms with van der Waals surface area (Å²) in [4.78, 5) is 24.0. The van der Waals surface area contributed by atoms with Gasteiger partial charge in [0.15, 0.2) is 5.78 Å². The molecule has 2 N–H and O–H groups in total. The highest BCUT2D eigenvalue weighted by Gasteiger charge is 2.59. The van der Waals surface area contributed by atoms with Crippen LogP contribution in [-0.2, 0) is 11.2 Å². The van der Waals surface area contributed by atoms with Gasteiger partial charge in [-0.1, -0.05) is 36.4 Å². The molecule has 0 bridgehead atoms. The SMILES string of the molecule is C=C(C)C(=O)CCC1(C)C(Br)CCC2(C)CC(O)(C3Cc4cc(C(=O)O)ccc4O3)CCC21. The van der Waals surface area contributed by atoms with Crippen LogP contribution in [0.25, 0.3) is 0 Å². The molecule has 6 heteroatoms. The largest absolute Gasteiger partial charge is 0.487 e. The lowest BCUT2D eigenvalue weighted by atomic mass is 9.47. The molecule has 33 heavy (non-hydrogen) atoms. The Balaban J connectivity index is 1.53. The highest BCUT2D eigenvalue weighted by Crippen LogP contribution is 2.63. The maximum atomic E-state index is 12.3. The Kier molecular flexibility index (Phi) is 6.32. The number of rotatable bonds is 6. The maximum absolute atomic E-state index is 12.3. The molecule has 1 aromatic rings. The second kappa shape index (κ2) is 8.53. The molecule has 2 fully saturated rings. The van der Waals surface area contributed by atoms with E-state index >= 15 is 0 Å². The zero-order valence-electron chi connectivity index (χ0n) is 19.8. The van der Waals surface area contributed by atoms with E-state index in [0.717, 1.165) is 31.2 Å². The normalized spacial score (nSPS) is 37.5. The van der Waals surface area contributed by atoms with Crippen molar-refractivity contribution < 1.29 is 24.5 Å². The third kappa shape index (κ3) is 4.29. The van der Waals surface area contributed by atoms with Gasteiger partial charge in [0.1, 0.15) is 17.5 Å². The number of fused-ring (bicyclic) bond motifs is 2. The van der Waals surface area contributed by atoms with Crippen LogP contribution in [0.2, 0.25) is 0 Å². The van der Waals surface area contributed by atoms with Gasteiger partial charge in [-0.3, -0.25) is 4.79 Å². The second-order valence-corrected chi connectivity index (χ2v) is 12.3. The number of ketones is 1. The van der Waals surface area contributed by atoms with Crippen molar-refractivity contribution in [1.29, 1.82) is 0 Å². The summed E-state index contributed by atoms with van der Waals surface area (Å²) in [5.74, 6) is 0.249. The lowest BCUT2D eigenvalue weighted by molar-refractivity contribution is -0.159. The van der Waals surface area contributed by atoms with Crippen molar-refractivity contribution >= 4 is 27.7 Å². The Morgan fingerprint density at radius 1 is 1.24 bits per heavy atom. The van der Waals surface area contributed by atoms with E-state index in [4.69, 9.17) is 4.74 Å². The van der Waals surface area contributed by atoms with E-state index in [9.17, 15) is 19.8 Å². The summed E-state index contributed by atoms with van der Waals surface area (Å²) in [6.45, 7) is 10.2. The van der Waals surface area contributed by atoms with Crippen LogP contribution in [0.1, 0.15) is 81.6 Å². The summed E-state index contributed by atoms with van der Waals surface area (Å²) in [7, 11) is 0. The summed E-state index contributed by atoms with van der Waals surface area (Å²) in [6.07, 6.45) is 5.68. The number of carbonyl (C=O) groups is 2. The maximum Gasteiger partial charge on any atom is 0.335 e. The first-order valence-corrected chi connectivity index (χ1v) is 12.9. The predicted molar refractivity (Wildman–Crippen MR) is 131 cm³/mol. The third-order valence-electron chi connectivity index (χ3n) is 8.85. The second-order valence-electron chi connectivity index (χ2n) is 11.2. The summed E-state index contributed by atoms with van der Waals surface area (Å²) in [6, 6.07) is 4.93. The van der Waals surface area contributed by atoms with Crippen LogP contribution in [-0.4, -0.2) is 38.5 Å². The van der Waals surface area contributed by atoms with Crippen LogP contribution in [0.15, 0.2) is 30.4 Å². The zero-order valence-corrected chi connectivity index (χ0v) is 21.4. The fourth-order valence-electron chi connectivity index (χ4n) is 6.93. The average molecular weight is 519 g/mol. The first-order valence-electron chi connectivity index (χ1n) is 12.0. The number of allylic oxidation sites excluding steroid dienone is 1. The van der Waals surface area contributed by atoms with E-state index in [1.807, 2.05) is 0 Å². The van der Waals surface area contributed by atoms with Crippen LogP contribution < -0.4 is 4.74 Å². The molecule has 180 valence electrons. The lowest BCUT2D eigenvalue weighted by Crippen LogP contribution is -2.59. The number of carboxylic acid groups (broad SMARTS) is 1. The molecule has 3 aliphatic rings. The van der Waals surface area contributed by atoms with Gasteiger partial charge >= 0.3 is 5.97 Å². The van der Waals surface area contributed by atoms with Crippen molar-refractivity contribution in [3.8, 4) is 5.75 Å². The van der Waals surface area contributed by atoms with Crippen molar-refractivity contribution in [1.82, 2.24) is 0 Å². The van der Waals surface area contributed by atoms with Crippen molar-refractivity contribution in [3.05, 3.63) is 41.5 Å². The molecule has 1 aliphatic heterocycles. The number of carbonyl (C=O) groups excluding carboxylic acids is 1. The van der Waals surface area contributed by atoms with Crippen LogP contribution >= 0.6 is 15.9 Å². The molecular weight excluding hydrogens is 484 g/mol. The lowest BCUT2D eigenvalue weighted by Gasteiger charge is -2.60. The van der Waals surface area contributed by atoms with Gasteiger partial charge in [0.2, 0.25) is 0 Å². The molecule has 0 aromatic heterocycles. The molecule has 1 heterocycles. The number of aromatic carboxylic acids is 1. The van der Waals surface area contributed by atoms with Gasteiger partial charge in [-0.25, -0.2) is 4.79 Å². The molecule has 0 spiro atoms. The number of halogens is 1. The number of hydrogen-bond acceptors (Lipinski definition) is 4. The summed E-state index contributed by atoms with van der Waals surface area (Å²) in [5, 5.41) is 21.1. The van der Waals surface area contributed by atoms with Crippen LogP contribution in [0.3, 0.4) is 0 Å².